The SMILES string of the molecule is CC(O)CNCC(C)C1=C[C+](CCOc2cc(CC[C-]3C=C(CO)C(CCCCCCCN)O3)ccc2O)N=C1. The summed E-state index contributed by atoms with van der Waals surface area (Å²) in [6, 6.07) is 6.43. The van der Waals surface area contributed by atoms with Gasteiger partial charge in [0.05, 0.1) is 24.5 Å². The number of aryl methyl sites for hydroxylation is 1. The number of aliphatic hydroxyl groups is 2. The maximum Gasteiger partial charge on any atom is 0.176 e. The van der Waals surface area contributed by atoms with Crippen LogP contribution in [0, 0.1) is 18.1 Å². The van der Waals surface area contributed by atoms with E-state index in [1.807, 2.05) is 24.4 Å². The number of hydrogen-bond donors (Lipinski definition) is 5. The van der Waals surface area contributed by atoms with E-state index in [0.29, 0.717) is 31.2 Å². The van der Waals surface area contributed by atoms with Crippen molar-refractivity contribution in [3.63, 3.8) is 0 Å². The largest absolute Gasteiger partial charge is 0.504 e. The van der Waals surface area contributed by atoms with Gasteiger partial charge >= 0.3 is 0 Å². The number of nitrogens with two attached hydrogens (primary N) is 1. The van der Waals surface area contributed by atoms with Gasteiger partial charge in [0.15, 0.2) is 23.8 Å². The molecule has 1 aromatic rings. The van der Waals surface area contributed by atoms with Crippen molar-refractivity contribution in [2.24, 2.45) is 16.6 Å². The van der Waals surface area contributed by atoms with Crippen LogP contribution < -0.4 is 15.8 Å². The number of aliphatic imine (C=N–C) groups is 1. The molecule has 3 unspecified atom stereocenters. The predicted molar refractivity (Wildman–Crippen MR) is 160 cm³/mol. The summed E-state index contributed by atoms with van der Waals surface area (Å²) in [5, 5.41) is 32.8. The molecule has 3 rings (SSSR count). The Hall–Kier alpha value is -2.49. The van der Waals surface area contributed by atoms with E-state index < -0.39 is 0 Å². The van der Waals surface area contributed by atoms with E-state index in [2.05, 4.69) is 23.3 Å². The first kappa shape index (κ1) is 32.0. The van der Waals surface area contributed by atoms with Crippen LogP contribution in [-0.4, -0.2) is 66.6 Å². The lowest BCUT2D eigenvalue weighted by Gasteiger charge is -2.24. The fourth-order valence-corrected chi connectivity index (χ4v) is 4.94. The Morgan fingerprint density at radius 3 is 2.75 bits per heavy atom. The van der Waals surface area contributed by atoms with Gasteiger partial charge in [-0.3, -0.25) is 0 Å². The predicted octanol–water partition coefficient (Wildman–Crippen LogP) is 4.39. The molecule has 0 aromatic heterocycles. The first-order chi connectivity index (χ1) is 19.4. The number of benzene rings is 1. The molecule has 1 aromatic carbocycles. The highest BCUT2D eigenvalue weighted by molar-refractivity contribution is 5.83. The number of aliphatic hydroxyl groups excluding tert-OH is 2. The van der Waals surface area contributed by atoms with Crippen LogP contribution in [0.4, 0.5) is 0 Å². The molecular weight excluding hydrogens is 506 g/mol. The van der Waals surface area contributed by atoms with E-state index >= 15 is 0 Å². The fraction of sp³-hybridized carbons (Fsp3) is 0.594. The van der Waals surface area contributed by atoms with Crippen molar-refractivity contribution in [1.82, 2.24) is 5.32 Å². The third kappa shape index (κ3) is 10.8. The van der Waals surface area contributed by atoms with Crippen molar-refractivity contribution < 1.29 is 24.8 Å². The summed E-state index contributed by atoms with van der Waals surface area (Å²) in [6.07, 6.45) is 15.3. The Bertz CT molecular complexity index is 977. The minimum Gasteiger partial charge on any atom is -0.504 e. The molecule has 0 radical (unpaired) electrons. The van der Waals surface area contributed by atoms with Crippen molar-refractivity contribution in [2.45, 2.75) is 83.8 Å². The van der Waals surface area contributed by atoms with Crippen molar-refractivity contribution in [1.29, 1.82) is 0 Å². The highest BCUT2D eigenvalue weighted by atomic mass is 16.5. The molecule has 0 saturated heterocycles. The fourth-order valence-electron chi connectivity index (χ4n) is 4.94. The van der Waals surface area contributed by atoms with E-state index in [0.717, 1.165) is 80.5 Å². The second kappa shape index (κ2) is 17.4. The number of nitrogens with zero attached hydrogens (tertiary/aromatic N) is 1. The summed E-state index contributed by atoms with van der Waals surface area (Å²) in [5.41, 5.74) is 8.74. The highest BCUT2D eigenvalue weighted by Crippen LogP contribution is 2.33. The third-order valence-corrected chi connectivity index (χ3v) is 7.38. The quantitative estimate of drug-likeness (QED) is 0.119. The molecule has 0 spiro atoms. The maximum atomic E-state index is 10.3. The lowest BCUT2D eigenvalue weighted by atomic mass is 10.0. The summed E-state index contributed by atoms with van der Waals surface area (Å²) in [7, 11) is 0. The zero-order valence-corrected chi connectivity index (χ0v) is 24.3. The zero-order valence-electron chi connectivity index (χ0n) is 24.3. The van der Waals surface area contributed by atoms with Gasteiger partial charge in [-0.1, -0.05) is 44.3 Å². The van der Waals surface area contributed by atoms with Crippen LogP contribution in [0.3, 0.4) is 0 Å². The second-order valence-electron chi connectivity index (χ2n) is 11.0. The van der Waals surface area contributed by atoms with Crippen LogP contribution in [0.25, 0.3) is 0 Å². The van der Waals surface area contributed by atoms with Gasteiger partial charge in [-0.15, -0.1) is 4.99 Å². The van der Waals surface area contributed by atoms with Crippen LogP contribution >= 0.6 is 0 Å². The molecule has 0 saturated carbocycles. The monoisotopic (exact) mass is 555 g/mol. The van der Waals surface area contributed by atoms with E-state index in [4.69, 9.17) is 15.2 Å². The van der Waals surface area contributed by atoms with Crippen LogP contribution in [0.5, 0.6) is 11.5 Å². The molecule has 2 aliphatic rings. The van der Waals surface area contributed by atoms with Crippen molar-refractivity contribution >= 4 is 6.21 Å². The van der Waals surface area contributed by atoms with Crippen LogP contribution in [0.15, 0.2) is 46.5 Å². The Kier molecular flexibility index (Phi) is 13.9. The molecule has 0 bridgehead atoms. The Labute approximate surface area is 240 Å². The zero-order chi connectivity index (χ0) is 28.7. The number of nitrogens with one attached hydrogen (secondary N) is 1. The molecule has 8 nitrogen and oxygen atoms in total. The van der Waals surface area contributed by atoms with Gasteiger partial charge < -0.3 is 35.8 Å². The number of phenolic OH excluding ortho intramolecular Hbond substituents is 1. The van der Waals surface area contributed by atoms with Gasteiger partial charge in [-0.2, -0.15) is 11.6 Å². The molecule has 0 fully saturated rings. The van der Waals surface area contributed by atoms with Gasteiger partial charge in [0.2, 0.25) is 0 Å². The summed E-state index contributed by atoms with van der Waals surface area (Å²) >= 11 is 0. The van der Waals surface area contributed by atoms with Crippen LogP contribution in [0.1, 0.15) is 70.8 Å². The van der Waals surface area contributed by atoms with E-state index in [1.54, 1.807) is 13.0 Å². The summed E-state index contributed by atoms with van der Waals surface area (Å²) in [6.45, 7) is 6.46. The Morgan fingerprint density at radius 1 is 1.18 bits per heavy atom. The molecule has 2 aliphatic heterocycles. The van der Waals surface area contributed by atoms with Crippen LogP contribution in [-0.2, 0) is 11.2 Å². The molecule has 40 heavy (non-hydrogen) atoms. The van der Waals surface area contributed by atoms with Crippen LogP contribution in [0.2, 0.25) is 0 Å². The Morgan fingerprint density at radius 2 is 1.98 bits per heavy atom. The molecular formula is C32H49N3O5. The van der Waals surface area contributed by atoms with E-state index in [-0.39, 0.29) is 24.6 Å². The second-order valence-corrected chi connectivity index (χ2v) is 11.0. The van der Waals surface area contributed by atoms with Crippen molar-refractivity contribution in [3.05, 3.63) is 59.2 Å². The van der Waals surface area contributed by atoms with Crippen molar-refractivity contribution in [3.8, 4) is 11.5 Å². The van der Waals surface area contributed by atoms with Crippen molar-refractivity contribution in [2.75, 3.05) is 32.8 Å². The number of phenols is 1. The third-order valence-electron chi connectivity index (χ3n) is 7.38. The number of unbranched alkanes of at least 4 members (excludes halogenated alkanes) is 4. The molecule has 8 heteroatoms. The Balaban J connectivity index is 1.40. The highest BCUT2D eigenvalue weighted by Gasteiger charge is 2.25. The standard InChI is InChI=1S/C32H49N3O5/c1-23(19-34-20-24(2)37)26-17-28(35-21-26)13-15-39-32-16-25(10-12-30(32)38)9-11-29-18-27(22-36)31(40-29)8-6-4-3-5-7-14-33/h10,12,16-18,21,23-24,31,34,36-38H,3-9,11,13-15,19-20,22,33H2,1-2H3. The molecule has 222 valence electrons. The molecule has 0 aliphatic carbocycles. The van der Waals surface area contributed by atoms with E-state index in [1.165, 1.54) is 12.8 Å². The lowest BCUT2D eigenvalue weighted by molar-refractivity contribution is 0.102. The number of ether oxygens (including phenoxy) is 2. The average Bonchev–Trinajstić information content (AvgIpc) is 3.57. The molecule has 0 amide bonds. The maximum absolute atomic E-state index is 10.3. The molecule has 6 N–H and O–H groups in total. The van der Waals surface area contributed by atoms with Gasteiger partial charge in [0.25, 0.3) is 0 Å². The van der Waals surface area contributed by atoms with Gasteiger partial charge in [0, 0.05) is 25.8 Å². The first-order valence-corrected chi connectivity index (χ1v) is 14.9. The normalized spacial score (nSPS) is 18.3. The summed E-state index contributed by atoms with van der Waals surface area (Å²) < 4.78 is 12.1. The molecule has 2 heterocycles. The smallest absolute Gasteiger partial charge is 0.176 e. The molecule has 3 atom stereocenters. The number of hydrogen-bond acceptors (Lipinski definition) is 8. The van der Waals surface area contributed by atoms with Gasteiger partial charge in [0.1, 0.15) is 12.2 Å². The summed E-state index contributed by atoms with van der Waals surface area (Å²) in [4.78, 5) is 4.52. The average molecular weight is 556 g/mol. The van der Waals surface area contributed by atoms with Gasteiger partial charge in [-0.25, -0.2) is 0 Å². The topological polar surface area (TPSA) is 130 Å². The lowest BCUT2D eigenvalue weighted by Crippen LogP contribution is -2.29. The number of aromatic hydroxyl groups is 1. The minimum absolute atomic E-state index is 0.0249. The first-order valence-electron chi connectivity index (χ1n) is 14.9. The van der Waals surface area contributed by atoms with Gasteiger partial charge in [-0.05, 0) is 57.4 Å². The minimum atomic E-state index is -0.359. The summed E-state index contributed by atoms with van der Waals surface area (Å²) in [5.74, 6) is 0.890. The van der Waals surface area contributed by atoms with E-state index in [9.17, 15) is 15.3 Å². The number of rotatable bonds is 20.